The van der Waals surface area contributed by atoms with E-state index in [0.717, 1.165) is 11.6 Å². The van der Waals surface area contributed by atoms with E-state index in [-0.39, 0.29) is 11.4 Å². The first-order valence-electron chi connectivity index (χ1n) is 5.72. The average Bonchev–Trinajstić information content (AvgIpc) is 2.41. The first-order chi connectivity index (χ1) is 9.86. The molecule has 0 amide bonds. The Hall–Kier alpha value is -1.67. The Morgan fingerprint density at radius 3 is 2.38 bits per heavy atom. The molecule has 0 saturated heterocycles. The first kappa shape index (κ1) is 15.7. The molecule has 0 fully saturated rings. The third kappa shape index (κ3) is 3.92. The molecule has 2 aromatic rings. The number of nitrogens with one attached hydrogen (secondary N) is 1. The monoisotopic (exact) mass is 418 g/mol. The van der Waals surface area contributed by atoms with Gasteiger partial charge in [0.25, 0.3) is 5.69 Å². The van der Waals surface area contributed by atoms with Crippen LogP contribution in [0.2, 0.25) is 0 Å². The predicted molar refractivity (Wildman–Crippen MR) is 83.9 cm³/mol. The Morgan fingerprint density at radius 1 is 1.19 bits per heavy atom. The lowest BCUT2D eigenvalue weighted by Gasteiger charge is -2.09. The number of aromatic hydroxyl groups is 1. The van der Waals surface area contributed by atoms with Crippen LogP contribution in [0.4, 0.5) is 15.8 Å². The molecule has 2 rings (SSSR count). The molecule has 0 aliphatic carbocycles. The van der Waals surface area contributed by atoms with Crippen molar-refractivity contribution in [3.63, 3.8) is 0 Å². The first-order valence-corrected chi connectivity index (χ1v) is 7.31. The summed E-state index contributed by atoms with van der Waals surface area (Å²) >= 11 is 6.42. The van der Waals surface area contributed by atoms with Gasteiger partial charge in [0.05, 0.1) is 19.9 Å². The molecule has 8 heteroatoms. The van der Waals surface area contributed by atoms with Gasteiger partial charge in [0.15, 0.2) is 0 Å². The fourth-order valence-corrected chi connectivity index (χ4v) is 2.99. The van der Waals surface area contributed by atoms with Crippen molar-refractivity contribution in [1.29, 1.82) is 0 Å². The summed E-state index contributed by atoms with van der Waals surface area (Å²) in [6, 6.07) is 6.69. The molecule has 2 N–H and O–H groups in total. The number of halogens is 3. The quantitative estimate of drug-likeness (QED) is 0.561. The smallest absolute Gasteiger partial charge is 0.274 e. The van der Waals surface area contributed by atoms with Crippen LogP contribution in [0.3, 0.4) is 0 Å². The average molecular weight is 420 g/mol. The Bertz CT molecular complexity index is 687. The maximum absolute atomic E-state index is 13.3. The van der Waals surface area contributed by atoms with E-state index in [1.54, 1.807) is 12.1 Å². The molecule has 0 radical (unpaired) electrons. The molecule has 0 heterocycles. The van der Waals surface area contributed by atoms with Gasteiger partial charge in [-0.2, -0.15) is 0 Å². The lowest BCUT2D eigenvalue weighted by molar-refractivity contribution is -0.385. The molecule has 2 aromatic carbocycles. The molecule has 110 valence electrons. The number of phenolic OH excluding ortho intramolecular Hbond substituents is 1. The predicted octanol–water partition coefficient (Wildman–Crippen LogP) is 4.58. The second-order valence-corrected chi connectivity index (χ2v) is 5.93. The Balaban J connectivity index is 2.18. The standard InChI is InChI=1S/C13H9Br2FN2O3/c14-11-1-7(2-12(15)13(11)19)6-17-9-3-8(16)4-10(5-9)18(20)21/h1-5,17,19H,6H2. The van der Waals surface area contributed by atoms with Crippen LogP contribution in [0.5, 0.6) is 5.75 Å². The highest BCUT2D eigenvalue weighted by Gasteiger charge is 2.10. The minimum atomic E-state index is -0.681. The highest BCUT2D eigenvalue weighted by molar-refractivity contribution is 9.11. The SMILES string of the molecule is O=[N+]([O-])c1cc(F)cc(NCc2cc(Br)c(O)c(Br)c2)c1. The van der Waals surface area contributed by atoms with Crippen LogP contribution in [-0.4, -0.2) is 10.0 Å². The Kier molecular flexibility index (Phi) is 4.79. The molecule has 21 heavy (non-hydrogen) atoms. The maximum Gasteiger partial charge on any atom is 0.274 e. The van der Waals surface area contributed by atoms with Gasteiger partial charge in [-0.1, -0.05) is 0 Å². The zero-order valence-corrected chi connectivity index (χ0v) is 13.6. The Labute approximate surface area is 136 Å². The van der Waals surface area contributed by atoms with Gasteiger partial charge in [-0.3, -0.25) is 10.1 Å². The fraction of sp³-hybridized carbons (Fsp3) is 0.0769. The molecule has 0 saturated carbocycles. The lowest BCUT2D eigenvalue weighted by Crippen LogP contribution is -2.01. The van der Waals surface area contributed by atoms with Crippen molar-refractivity contribution in [3.05, 3.63) is 60.8 Å². The van der Waals surface area contributed by atoms with Crippen LogP contribution in [0.1, 0.15) is 5.56 Å². The molecule has 0 aliphatic heterocycles. The number of nitro benzene ring substituents is 1. The highest BCUT2D eigenvalue weighted by Crippen LogP contribution is 2.33. The molecular formula is C13H9Br2FN2O3. The number of hydrogen-bond acceptors (Lipinski definition) is 4. The van der Waals surface area contributed by atoms with E-state index < -0.39 is 10.7 Å². The minimum Gasteiger partial charge on any atom is -0.506 e. The highest BCUT2D eigenvalue weighted by atomic mass is 79.9. The molecular weight excluding hydrogens is 411 g/mol. The van der Waals surface area contributed by atoms with Gasteiger partial charge in [0.1, 0.15) is 11.6 Å². The van der Waals surface area contributed by atoms with Gasteiger partial charge in [-0.25, -0.2) is 4.39 Å². The summed E-state index contributed by atoms with van der Waals surface area (Å²) in [5.74, 6) is -0.597. The van der Waals surface area contributed by atoms with E-state index in [1.165, 1.54) is 12.1 Å². The topological polar surface area (TPSA) is 75.4 Å². The van der Waals surface area contributed by atoms with Crippen molar-refractivity contribution in [2.75, 3.05) is 5.32 Å². The zero-order chi connectivity index (χ0) is 15.6. The summed E-state index contributed by atoms with van der Waals surface area (Å²) in [6.07, 6.45) is 0. The number of non-ortho nitro benzene ring substituents is 1. The Morgan fingerprint density at radius 2 is 1.81 bits per heavy atom. The van der Waals surface area contributed by atoms with Gasteiger partial charge in [-0.05, 0) is 55.6 Å². The summed E-state index contributed by atoms with van der Waals surface area (Å²) in [4.78, 5) is 10.0. The van der Waals surface area contributed by atoms with Crippen molar-refractivity contribution >= 4 is 43.2 Å². The van der Waals surface area contributed by atoms with Crippen molar-refractivity contribution in [2.45, 2.75) is 6.54 Å². The molecule has 0 bridgehead atoms. The number of phenols is 1. The van der Waals surface area contributed by atoms with Crippen LogP contribution in [-0.2, 0) is 6.54 Å². The molecule has 0 spiro atoms. The number of rotatable bonds is 4. The molecule has 0 unspecified atom stereocenters. The van der Waals surface area contributed by atoms with Crippen LogP contribution in [0.25, 0.3) is 0 Å². The summed E-state index contributed by atoms with van der Waals surface area (Å²) in [6.45, 7) is 0.318. The molecule has 5 nitrogen and oxygen atoms in total. The minimum absolute atomic E-state index is 0.0835. The number of benzene rings is 2. The van der Waals surface area contributed by atoms with E-state index in [9.17, 15) is 19.6 Å². The number of anilines is 1. The summed E-state index contributed by atoms with van der Waals surface area (Å²) in [5.41, 5.74) is 0.797. The molecule has 0 aliphatic rings. The third-order valence-electron chi connectivity index (χ3n) is 2.67. The van der Waals surface area contributed by atoms with Crippen molar-refractivity contribution in [3.8, 4) is 5.75 Å². The van der Waals surface area contributed by atoms with Crippen LogP contribution >= 0.6 is 31.9 Å². The van der Waals surface area contributed by atoms with Crippen LogP contribution in [0.15, 0.2) is 39.3 Å². The number of hydrogen-bond donors (Lipinski definition) is 2. The normalized spacial score (nSPS) is 10.4. The van der Waals surface area contributed by atoms with Crippen molar-refractivity contribution in [1.82, 2.24) is 0 Å². The van der Waals surface area contributed by atoms with E-state index in [2.05, 4.69) is 37.2 Å². The van der Waals surface area contributed by atoms with Gasteiger partial charge in [-0.15, -0.1) is 0 Å². The van der Waals surface area contributed by atoms with Gasteiger partial charge in [0.2, 0.25) is 0 Å². The second kappa shape index (κ2) is 6.40. The van der Waals surface area contributed by atoms with E-state index in [1.807, 2.05) is 0 Å². The maximum atomic E-state index is 13.3. The van der Waals surface area contributed by atoms with Crippen molar-refractivity contribution < 1.29 is 14.4 Å². The van der Waals surface area contributed by atoms with Crippen molar-refractivity contribution in [2.24, 2.45) is 0 Å². The zero-order valence-electron chi connectivity index (χ0n) is 10.4. The molecule has 0 aromatic heterocycles. The van der Waals surface area contributed by atoms with E-state index in [4.69, 9.17) is 0 Å². The summed E-state index contributed by atoms with van der Waals surface area (Å²) < 4.78 is 14.3. The second-order valence-electron chi connectivity index (χ2n) is 4.22. The van der Waals surface area contributed by atoms with Gasteiger partial charge < -0.3 is 10.4 Å². The lowest BCUT2D eigenvalue weighted by atomic mass is 10.2. The number of nitro groups is 1. The molecule has 0 atom stereocenters. The van der Waals surface area contributed by atoms with Gasteiger partial charge in [0, 0.05) is 18.3 Å². The van der Waals surface area contributed by atoms with Crippen LogP contribution in [0, 0.1) is 15.9 Å². The van der Waals surface area contributed by atoms with E-state index in [0.29, 0.717) is 21.2 Å². The third-order valence-corrected chi connectivity index (χ3v) is 3.88. The largest absolute Gasteiger partial charge is 0.506 e. The summed E-state index contributed by atoms with van der Waals surface area (Å²) in [7, 11) is 0. The van der Waals surface area contributed by atoms with Gasteiger partial charge >= 0.3 is 0 Å². The van der Waals surface area contributed by atoms with Crippen LogP contribution < -0.4 is 5.32 Å². The van der Waals surface area contributed by atoms with E-state index >= 15 is 0 Å². The fourth-order valence-electron chi connectivity index (χ4n) is 1.71. The summed E-state index contributed by atoms with van der Waals surface area (Å²) in [5, 5.41) is 23.2. The number of nitrogens with zero attached hydrogens (tertiary/aromatic N) is 1.